The van der Waals surface area contributed by atoms with Gasteiger partial charge in [0.1, 0.15) is 5.02 Å². The topological polar surface area (TPSA) is 110 Å². The summed E-state index contributed by atoms with van der Waals surface area (Å²) in [5.41, 5.74) is 0.0770. The quantitative estimate of drug-likeness (QED) is 0.515. The first-order valence-electron chi connectivity index (χ1n) is 9.53. The number of hydrogen-bond donors (Lipinski definition) is 1. The predicted molar refractivity (Wildman–Crippen MR) is 114 cm³/mol. The van der Waals surface area contributed by atoms with Crippen molar-refractivity contribution in [3.63, 3.8) is 0 Å². The highest BCUT2D eigenvalue weighted by molar-refractivity contribution is 7.89. The van der Waals surface area contributed by atoms with Crippen LogP contribution in [0.15, 0.2) is 47.4 Å². The summed E-state index contributed by atoms with van der Waals surface area (Å²) in [6.45, 7) is 0. The Morgan fingerprint density at radius 2 is 1.77 bits per heavy atom. The number of nitro benzene ring substituents is 1. The van der Waals surface area contributed by atoms with E-state index in [1.165, 1.54) is 40.7 Å². The number of hydrogen-bond acceptors (Lipinski definition) is 5. The van der Waals surface area contributed by atoms with Crippen molar-refractivity contribution in [2.45, 2.75) is 43.0 Å². The van der Waals surface area contributed by atoms with Crippen LogP contribution in [0.5, 0.6) is 0 Å². The van der Waals surface area contributed by atoms with E-state index in [4.69, 9.17) is 11.6 Å². The normalized spacial score (nSPS) is 15.2. The van der Waals surface area contributed by atoms with Crippen LogP contribution in [0.4, 0.5) is 11.4 Å². The number of nitro groups is 1. The van der Waals surface area contributed by atoms with Crippen molar-refractivity contribution in [2.24, 2.45) is 0 Å². The number of benzene rings is 2. The Labute approximate surface area is 180 Å². The number of amides is 1. The smallest absolute Gasteiger partial charge is 0.288 e. The van der Waals surface area contributed by atoms with Crippen LogP contribution < -0.4 is 5.32 Å². The Morgan fingerprint density at radius 1 is 1.13 bits per heavy atom. The molecule has 10 heteroatoms. The highest BCUT2D eigenvalue weighted by Gasteiger charge is 2.29. The molecule has 1 saturated carbocycles. The molecule has 0 radical (unpaired) electrons. The minimum absolute atomic E-state index is 0.00354. The summed E-state index contributed by atoms with van der Waals surface area (Å²) in [5.74, 6) is -0.565. The lowest BCUT2D eigenvalue weighted by atomic mass is 9.96. The first-order chi connectivity index (χ1) is 14.2. The zero-order valence-corrected chi connectivity index (χ0v) is 17.9. The molecule has 0 unspecified atom stereocenters. The number of carbonyl (C=O) groups excluding carboxylic acids is 1. The fourth-order valence-corrected chi connectivity index (χ4v) is 5.12. The monoisotopic (exact) mass is 451 g/mol. The summed E-state index contributed by atoms with van der Waals surface area (Å²) in [6, 6.07) is 9.62. The van der Waals surface area contributed by atoms with Crippen molar-refractivity contribution in [2.75, 3.05) is 12.4 Å². The highest BCUT2D eigenvalue weighted by Crippen LogP contribution is 2.28. The Morgan fingerprint density at radius 3 is 2.37 bits per heavy atom. The zero-order chi connectivity index (χ0) is 21.9. The van der Waals surface area contributed by atoms with Gasteiger partial charge in [0.05, 0.1) is 9.82 Å². The zero-order valence-electron chi connectivity index (χ0n) is 16.4. The highest BCUT2D eigenvalue weighted by atomic mass is 35.5. The van der Waals surface area contributed by atoms with Crippen LogP contribution in [-0.4, -0.2) is 36.6 Å². The Kier molecular flexibility index (Phi) is 6.74. The number of rotatable bonds is 6. The lowest BCUT2D eigenvalue weighted by molar-refractivity contribution is -0.384. The van der Waals surface area contributed by atoms with E-state index in [-0.39, 0.29) is 27.2 Å². The summed E-state index contributed by atoms with van der Waals surface area (Å²) in [4.78, 5) is 22.9. The van der Waals surface area contributed by atoms with Gasteiger partial charge in [-0.2, -0.15) is 4.31 Å². The number of anilines is 1. The fourth-order valence-electron chi connectivity index (χ4n) is 3.51. The molecule has 0 aromatic heterocycles. The molecule has 1 aliphatic carbocycles. The van der Waals surface area contributed by atoms with Crippen LogP contribution in [0, 0.1) is 10.1 Å². The molecule has 3 rings (SSSR count). The molecule has 1 N–H and O–H groups in total. The number of carbonyl (C=O) groups is 1. The lowest BCUT2D eigenvalue weighted by Gasteiger charge is -2.30. The molecule has 0 bridgehead atoms. The number of halogens is 1. The van der Waals surface area contributed by atoms with Gasteiger partial charge < -0.3 is 5.32 Å². The van der Waals surface area contributed by atoms with Gasteiger partial charge >= 0.3 is 0 Å². The molecule has 0 atom stereocenters. The third-order valence-electron chi connectivity index (χ3n) is 5.28. The summed E-state index contributed by atoms with van der Waals surface area (Å²) < 4.78 is 27.2. The van der Waals surface area contributed by atoms with E-state index in [1.54, 1.807) is 7.05 Å². The summed E-state index contributed by atoms with van der Waals surface area (Å²) in [5, 5.41) is 13.5. The van der Waals surface area contributed by atoms with E-state index in [1.807, 2.05) is 0 Å². The van der Waals surface area contributed by atoms with Crippen molar-refractivity contribution in [3.05, 3.63) is 63.2 Å². The molecule has 30 heavy (non-hydrogen) atoms. The number of sulfonamides is 1. The maximum absolute atomic E-state index is 12.9. The van der Waals surface area contributed by atoms with Gasteiger partial charge in [-0.25, -0.2) is 8.42 Å². The lowest BCUT2D eigenvalue weighted by Crippen LogP contribution is -2.38. The SMILES string of the molecule is CN(C1CCCCC1)S(=O)(=O)c1ccc(NC(=O)c2ccc(Cl)c([N+](=O)[O-])c2)cc1. The van der Waals surface area contributed by atoms with E-state index < -0.39 is 20.9 Å². The minimum Gasteiger partial charge on any atom is -0.322 e. The van der Waals surface area contributed by atoms with Gasteiger partial charge in [0, 0.05) is 30.4 Å². The van der Waals surface area contributed by atoms with Crippen LogP contribution in [-0.2, 0) is 10.0 Å². The first-order valence-corrected chi connectivity index (χ1v) is 11.4. The third kappa shape index (κ3) is 4.80. The molecule has 0 aliphatic heterocycles. The minimum atomic E-state index is -3.62. The van der Waals surface area contributed by atoms with Crippen molar-refractivity contribution >= 4 is 38.9 Å². The molecule has 160 valence electrons. The van der Waals surface area contributed by atoms with Crippen LogP contribution >= 0.6 is 11.6 Å². The van der Waals surface area contributed by atoms with Gasteiger partial charge in [-0.3, -0.25) is 14.9 Å². The third-order valence-corrected chi connectivity index (χ3v) is 7.53. The second kappa shape index (κ2) is 9.11. The van der Waals surface area contributed by atoms with E-state index in [9.17, 15) is 23.3 Å². The molecule has 0 saturated heterocycles. The Bertz CT molecular complexity index is 1050. The average molecular weight is 452 g/mol. The maximum Gasteiger partial charge on any atom is 0.288 e. The maximum atomic E-state index is 12.9. The molecule has 2 aromatic carbocycles. The fraction of sp³-hybridized carbons (Fsp3) is 0.350. The number of nitrogens with zero attached hydrogens (tertiary/aromatic N) is 2. The molecular weight excluding hydrogens is 430 g/mol. The molecule has 1 fully saturated rings. The van der Waals surface area contributed by atoms with E-state index in [0.29, 0.717) is 5.69 Å². The Hall–Kier alpha value is -2.49. The second-order valence-electron chi connectivity index (χ2n) is 7.21. The summed E-state index contributed by atoms with van der Waals surface area (Å²) >= 11 is 5.76. The van der Waals surface area contributed by atoms with Gasteiger partial charge in [-0.05, 0) is 49.2 Å². The molecule has 0 spiro atoms. The molecule has 1 aliphatic rings. The van der Waals surface area contributed by atoms with Gasteiger partial charge in [-0.15, -0.1) is 0 Å². The van der Waals surface area contributed by atoms with Crippen LogP contribution in [0.3, 0.4) is 0 Å². The molecule has 1 amide bonds. The predicted octanol–water partition coefficient (Wildman–Crippen LogP) is 4.45. The largest absolute Gasteiger partial charge is 0.322 e. The van der Waals surface area contributed by atoms with Gasteiger partial charge in [-0.1, -0.05) is 30.9 Å². The van der Waals surface area contributed by atoms with Crippen molar-refractivity contribution in [1.82, 2.24) is 4.31 Å². The Balaban J connectivity index is 1.73. The molecule has 8 nitrogen and oxygen atoms in total. The standard InChI is InChI=1S/C20H22ClN3O5S/c1-23(16-5-3-2-4-6-16)30(28,29)17-10-8-15(9-11-17)22-20(25)14-7-12-18(21)19(13-14)24(26)27/h7-13,16H,2-6H2,1H3,(H,22,25). The van der Waals surface area contributed by atoms with Crippen molar-refractivity contribution in [1.29, 1.82) is 0 Å². The molecular formula is C20H22ClN3O5S. The number of nitrogens with one attached hydrogen (secondary N) is 1. The van der Waals surface area contributed by atoms with E-state index >= 15 is 0 Å². The van der Waals surface area contributed by atoms with Crippen molar-refractivity contribution in [3.8, 4) is 0 Å². The molecule has 2 aromatic rings. The van der Waals surface area contributed by atoms with Gasteiger partial charge in [0.2, 0.25) is 10.0 Å². The molecule has 0 heterocycles. The summed E-state index contributed by atoms with van der Waals surface area (Å²) in [7, 11) is -2.02. The second-order valence-corrected chi connectivity index (χ2v) is 9.62. The average Bonchev–Trinajstić information content (AvgIpc) is 2.74. The first kappa shape index (κ1) is 22.2. The van der Waals surface area contributed by atoms with Crippen LogP contribution in [0.25, 0.3) is 0 Å². The van der Waals surface area contributed by atoms with E-state index in [0.717, 1.165) is 38.2 Å². The van der Waals surface area contributed by atoms with Crippen LogP contribution in [0.2, 0.25) is 5.02 Å². The van der Waals surface area contributed by atoms with Crippen LogP contribution in [0.1, 0.15) is 42.5 Å². The van der Waals surface area contributed by atoms with E-state index in [2.05, 4.69) is 5.32 Å². The summed E-state index contributed by atoms with van der Waals surface area (Å²) in [6.07, 6.45) is 4.90. The van der Waals surface area contributed by atoms with Crippen molar-refractivity contribution < 1.29 is 18.1 Å². The van der Waals surface area contributed by atoms with Gasteiger partial charge in [0.25, 0.3) is 11.6 Å². The van der Waals surface area contributed by atoms with Gasteiger partial charge in [0.15, 0.2) is 0 Å².